The van der Waals surface area contributed by atoms with Gasteiger partial charge in [0, 0.05) is 17.0 Å². The third-order valence-corrected chi connectivity index (χ3v) is 7.70. The molecule has 0 saturated carbocycles. The summed E-state index contributed by atoms with van der Waals surface area (Å²) in [5, 5.41) is 7.25. The van der Waals surface area contributed by atoms with Crippen molar-refractivity contribution in [3.63, 3.8) is 0 Å². The number of carbonyl (C=O) groups is 3. The first kappa shape index (κ1) is 26.2. The molecule has 3 aromatic carbocycles. The average Bonchev–Trinajstić information content (AvgIpc) is 3.16. The van der Waals surface area contributed by atoms with Crippen molar-refractivity contribution in [2.45, 2.75) is 21.5 Å². The molecule has 1 fully saturated rings. The summed E-state index contributed by atoms with van der Waals surface area (Å²) in [6.45, 7) is 0. The number of hydrogen-bond acceptors (Lipinski definition) is 8. The summed E-state index contributed by atoms with van der Waals surface area (Å²) in [6.07, 6.45) is -0.00742. The smallest absolute Gasteiger partial charge is 0.263 e. The molecule has 192 valence electrons. The predicted octanol–water partition coefficient (Wildman–Crippen LogP) is 3.03. The van der Waals surface area contributed by atoms with E-state index in [9.17, 15) is 22.8 Å². The fourth-order valence-corrected chi connectivity index (χ4v) is 5.37. The molecule has 0 spiro atoms. The molecule has 0 bridgehead atoms. The van der Waals surface area contributed by atoms with Gasteiger partial charge in [-0.3, -0.25) is 14.4 Å². The first-order chi connectivity index (χ1) is 17.6. The van der Waals surface area contributed by atoms with Gasteiger partial charge in [-0.05, 0) is 60.7 Å². The van der Waals surface area contributed by atoms with Crippen LogP contribution < -0.4 is 24.8 Å². The maximum absolute atomic E-state index is 13.0. The van der Waals surface area contributed by atoms with Gasteiger partial charge in [0.05, 0.1) is 30.1 Å². The van der Waals surface area contributed by atoms with E-state index in [-0.39, 0.29) is 28.5 Å². The van der Waals surface area contributed by atoms with Gasteiger partial charge < -0.3 is 14.8 Å². The quantitative estimate of drug-likeness (QED) is 0.414. The van der Waals surface area contributed by atoms with Gasteiger partial charge in [0.25, 0.3) is 5.91 Å². The van der Waals surface area contributed by atoms with Gasteiger partial charge in [-0.25, -0.2) is 18.5 Å². The molecule has 10 nitrogen and oxygen atoms in total. The molecular weight excluding hydrogens is 518 g/mol. The van der Waals surface area contributed by atoms with E-state index >= 15 is 0 Å². The summed E-state index contributed by atoms with van der Waals surface area (Å²) < 4.78 is 33.5. The molecule has 1 heterocycles. The highest BCUT2D eigenvalue weighted by atomic mass is 32.2. The van der Waals surface area contributed by atoms with E-state index in [1.54, 1.807) is 42.5 Å². The largest absolute Gasteiger partial charge is 0.496 e. The Morgan fingerprint density at radius 3 is 2.11 bits per heavy atom. The van der Waals surface area contributed by atoms with Crippen molar-refractivity contribution in [2.24, 2.45) is 5.14 Å². The summed E-state index contributed by atoms with van der Waals surface area (Å²) >= 11 is 1.22. The van der Waals surface area contributed by atoms with E-state index in [0.29, 0.717) is 17.2 Å². The van der Waals surface area contributed by atoms with E-state index < -0.39 is 27.1 Å². The lowest BCUT2D eigenvalue weighted by atomic mass is 10.1. The van der Waals surface area contributed by atoms with Crippen molar-refractivity contribution in [1.29, 1.82) is 0 Å². The maximum Gasteiger partial charge on any atom is 0.263 e. The summed E-state index contributed by atoms with van der Waals surface area (Å²) in [4.78, 5) is 40.0. The number of imide groups is 1. The molecule has 3 aromatic rings. The van der Waals surface area contributed by atoms with Crippen LogP contribution in [0.5, 0.6) is 11.5 Å². The van der Waals surface area contributed by atoms with Crippen LogP contribution in [0.25, 0.3) is 0 Å². The number of anilines is 2. The van der Waals surface area contributed by atoms with Crippen LogP contribution in [0, 0.1) is 0 Å². The van der Waals surface area contributed by atoms with Crippen LogP contribution in [0.2, 0.25) is 0 Å². The molecule has 1 atom stereocenters. The van der Waals surface area contributed by atoms with Gasteiger partial charge in [0.1, 0.15) is 17.1 Å². The van der Waals surface area contributed by atoms with Gasteiger partial charge in [0.2, 0.25) is 21.8 Å². The maximum atomic E-state index is 13.0. The molecule has 0 aromatic heterocycles. The van der Waals surface area contributed by atoms with E-state index in [2.05, 4.69) is 5.32 Å². The van der Waals surface area contributed by atoms with E-state index in [1.165, 1.54) is 50.2 Å². The highest BCUT2D eigenvalue weighted by molar-refractivity contribution is 8.00. The van der Waals surface area contributed by atoms with Crippen LogP contribution in [0.15, 0.2) is 76.5 Å². The Hall–Kier alpha value is -3.87. The molecular formula is C25H23N3O7S2. The minimum atomic E-state index is -3.89. The second-order valence-electron chi connectivity index (χ2n) is 7.93. The molecule has 1 aliphatic rings. The Labute approximate surface area is 217 Å². The molecule has 3 N–H and O–H groups in total. The predicted molar refractivity (Wildman–Crippen MR) is 139 cm³/mol. The molecule has 1 unspecified atom stereocenters. The van der Waals surface area contributed by atoms with Gasteiger partial charge in [-0.1, -0.05) is 6.07 Å². The Balaban J connectivity index is 1.44. The number of benzene rings is 3. The number of primary sulfonamides is 1. The molecule has 4 rings (SSSR count). The number of nitrogens with one attached hydrogen (secondary N) is 1. The van der Waals surface area contributed by atoms with Crippen LogP contribution in [-0.2, 0) is 19.6 Å². The highest BCUT2D eigenvalue weighted by Crippen LogP contribution is 2.35. The lowest BCUT2D eigenvalue weighted by molar-refractivity contribution is -0.121. The van der Waals surface area contributed by atoms with Crippen molar-refractivity contribution < 1.29 is 32.3 Å². The third kappa shape index (κ3) is 5.61. The van der Waals surface area contributed by atoms with Crippen molar-refractivity contribution in [2.75, 3.05) is 24.4 Å². The van der Waals surface area contributed by atoms with Gasteiger partial charge in [-0.15, -0.1) is 11.8 Å². The lowest BCUT2D eigenvalue weighted by Crippen LogP contribution is -2.31. The van der Waals surface area contributed by atoms with E-state index in [4.69, 9.17) is 14.6 Å². The van der Waals surface area contributed by atoms with Gasteiger partial charge >= 0.3 is 0 Å². The standard InChI is InChI=1S/C25H23N3O7S2/c1-34-19-4-3-5-20(35-2)23(19)24(30)27-15-6-10-17(11-7-15)36-21-14-22(29)28(25(21)31)16-8-12-18(13-9-16)37(26,32)33/h3-13,21H,14H2,1-2H3,(H,27,30)(H2,26,32,33). The summed E-state index contributed by atoms with van der Waals surface area (Å²) in [6, 6.07) is 17.1. The molecule has 1 aliphatic heterocycles. The zero-order valence-corrected chi connectivity index (χ0v) is 21.5. The number of methoxy groups -OCH3 is 2. The number of nitrogens with zero attached hydrogens (tertiary/aromatic N) is 1. The second kappa shape index (κ2) is 10.6. The number of nitrogens with two attached hydrogens (primary N) is 1. The van der Waals surface area contributed by atoms with Crippen LogP contribution in [0.4, 0.5) is 11.4 Å². The highest BCUT2D eigenvalue weighted by Gasteiger charge is 2.40. The summed E-state index contributed by atoms with van der Waals surface area (Å²) in [5.41, 5.74) is 1.06. The molecule has 1 saturated heterocycles. The Bertz CT molecular complexity index is 1430. The number of sulfonamides is 1. The lowest BCUT2D eigenvalue weighted by Gasteiger charge is -2.15. The minimum Gasteiger partial charge on any atom is -0.496 e. The van der Waals surface area contributed by atoms with Crippen LogP contribution in [-0.4, -0.2) is 45.6 Å². The topological polar surface area (TPSA) is 145 Å². The Morgan fingerprint density at radius 2 is 1.57 bits per heavy atom. The van der Waals surface area contributed by atoms with Gasteiger partial charge in [-0.2, -0.15) is 0 Å². The SMILES string of the molecule is COc1cccc(OC)c1C(=O)Nc1ccc(SC2CC(=O)N(c3ccc(S(N)(=O)=O)cc3)C2=O)cc1. The number of rotatable bonds is 8. The monoisotopic (exact) mass is 541 g/mol. The van der Waals surface area contributed by atoms with E-state index in [1.807, 2.05) is 0 Å². The second-order valence-corrected chi connectivity index (χ2v) is 10.8. The van der Waals surface area contributed by atoms with E-state index in [0.717, 1.165) is 9.80 Å². The third-order valence-electron chi connectivity index (χ3n) is 5.57. The Morgan fingerprint density at radius 1 is 0.973 bits per heavy atom. The van der Waals surface area contributed by atoms with Crippen molar-refractivity contribution in [3.8, 4) is 11.5 Å². The zero-order chi connectivity index (χ0) is 26.7. The normalized spacial score (nSPS) is 15.5. The molecule has 3 amide bonds. The fraction of sp³-hybridized carbons (Fsp3) is 0.160. The first-order valence-electron chi connectivity index (χ1n) is 10.9. The minimum absolute atomic E-state index is 0.00742. The molecule has 37 heavy (non-hydrogen) atoms. The molecule has 12 heteroatoms. The molecule has 0 radical (unpaired) electrons. The number of ether oxygens (including phenoxy) is 2. The number of hydrogen-bond donors (Lipinski definition) is 2. The van der Waals surface area contributed by atoms with Crippen molar-refractivity contribution in [1.82, 2.24) is 0 Å². The summed E-state index contributed by atoms with van der Waals surface area (Å²) in [7, 11) is -0.956. The summed E-state index contributed by atoms with van der Waals surface area (Å²) in [5.74, 6) is -0.454. The molecule has 0 aliphatic carbocycles. The zero-order valence-electron chi connectivity index (χ0n) is 19.8. The number of amides is 3. The van der Waals surface area contributed by atoms with Gasteiger partial charge in [0.15, 0.2) is 0 Å². The fourth-order valence-electron chi connectivity index (χ4n) is 3.80. The first-order valence-corrected chi connectivity index (χ1v) is 13.3. The van der Waals surface area contributed by atoms with Crippen LogP contribution in [0.3, 0.4) is 0 Å². The van der Waals surface area contributed by atoms with Crippen molar-refractivity contribution in [3.05, 3.63) is 72.3 Å². The number of thioether (sulfide) groups is 1. The van der Waals surface area contributed by atoms with Crippen LogP contribution >= 0.6 is 11.8 Å². The van der Waals surface area contributed by atoms with Crippen LogP contribution in [0.1, 0.15) is 16.8 Å². The number of carbonyl (C=O) groups excluding carboxylic acids is 3. The average molecular weight is 542 g/mol. The Kier molecular flexibility index (Phi) is 7.52. The van der Waals surface area contributed by atoms with Crippen molar-refractivity contribution >= 4 is 50.9 Å².